The van der Waals surface area contributed by atoms with Crippen LogP contribution in [-0.4, -0.2) is 22.6 Å². The number of benzene rings is 1. The van der Waals surface area contributed by atoms with Gasteiger partial charge in [0.2, 0.25) is 14.9 Å². The van der Waals surface area contributed by atoms with Gasteiger partial charge in [-0.15, -0.1) is 0 Å². The van der Waals surface area contributed by atoms with Gasteiger partial charge in [0.15, 0.2) is 9.84 Å². The van der Waals surface area contributed by atoms with Crippen molar-refractivity contribution in [3.8, 4) is 0 Å². The molecule has 4 rings (SSSR count). The predicted molar refractivity (Wildman–Crippen MR) is 125 cm³/mol. The fourth-order valence-corrected chi connectivity index (χ4v) is 8.61. The molecule has 0 atom stereocenters. The highest BCUT2D eigenvalue weighted by molar-refractivity contribution is 7.96. The van der Waals surface area contributed by atoms with Crippen LogP contribution in [0.1, 0.15) is 37.7 Å². The van der Waals surface area contributed by atoms with E-state index >= 15 is 0 Å². The molecule has 1 aromatic carbocycles. The van der Waals surface area contributed by atoms with Gasteiger partial charge in [-0.2, -0.15) is 0 Å². The van der Waals surface area contributed by atoms with E-state index in [-0.39, 0.29) is 52.9 Å². The zero-order valence-electron chi connectivity index (χ0n) is 18.1. The first kappa shape index (κ1) is 24.9. The lowest BCUT2D eigenvalue weighted by Crippen LogP contribution is -2.42. The minimum atomic E-state index is -4.20. The first-order valence-corrected chi connectivity index (χ1v) is 14.3. The van der Waals surface area contributed by atoms with E-state index in [1.807, 2.05) is 0 Å². The maximum atomic E-state index is 15.0. The summed E-state index contributed by atoms with van der Waals surface area (Å²) < 4.78 is 85.6. The average molecular weight is 529 g/mol. The summed E-state index contributed by atoms with van der Waals surface area (Å²) in [6.07, 6.45) is 7.77. The number of hydrogen-bond donors (Lipinski definition) is 0. The third-order valence-electron chi connectivity index (χ3n) is 6.44. The first-order valence-electron chi connectivity index (χ1n) is 10.7. The normalized spacial score (nSPS) is 23.8. The Balaban J connectivity index is 1.72. The fraction of sp³-hybridized carbons (Fsp3) is 0.333. The van der Waals surface area contributed by atoms with E-state index in [2.05, 4.69) is 0 Å². The Hall–Kier alpha value is -2.23. The summed E-state index contributed by atoms with van der Waals surface area (Å²) in [4.78, 5) is -0.0477. The lowest BCUT2D eigenvalue weighted by molar-refractivity contribution is 0.303. The summed E-state index contributed by atoms with van der Waals surface area (Å²) in [5.74, 6) is -2.15. The molecular weight excluding hydrogens is 506 g/mol. The number of furan rings is 1. The second-order valence-corrected chi connectivity index (χ2v) is 13.3. The summed E-state index contributed by atoms with van der Waals surface area (Å²) >= 11 is 6.04. The van der Waals surface area contributed by atoms with Crippen LogP contribution in [0.25, 0.3) is 0 Å². The zero-order valence-corrected chi connectivity index (χ0v) is 20.5. The molecule has 0 N–H and O–H groups in total. The minimum absolute atomic E-state index is 0.0477. The molecule has 2 aromatic rings. The molecule has 0 bridgehead atoms. The molecule has 1 saturated carbocycles. The Morgan fingerprint density at radius 1 is 1.06 bits per heavy atom. The van der Waals surface area contributed by atoms with Gasteiger partial charge < -0.3 is 4.42 Å². The van der Waals surface area contributed by atoms with Crippen molar-refractivity contribution in [2.24, 2.45) is 5.92 Å². The third kappa shape index (κ3) is 4.65. The molecule has 1 fully saturated rings. The van der Waals surface area contributed by atoms with Gasteiger partial charge in [0.25, 0.3) is 0 Å². The second-order valence-electron chi connectivity index (χ2n) is 8.57. The monoisotopic (exact) mass is 528 g/mol. The van der Waals surface area contributed by atoms with Crippen LogP contribution in [0.3, 0.4) is 0 Å². The van der Waals surface area contributed by atoms with Gasteiger partial charge in [-0.1, -0.05) is 17.7 Å². The van der Waals surface area contributed by atoms with Crippen molar-refractivity contribution in [3.05, 3.63) is 88.0 Å². The van der Waals surface area contributed by atoms with E-state index < -0.39 is 36.1 Å². The van der Waals surface area contributed by atoms with Gasteiger partial charge in [0.05, 0.1) is 16.9 Å². The molecule has 2 aliphatic carbocycles. The Morgan fingerprint density at radius 2 is 1.79 bits per heavy atom. The molecule has 0 saturated heterocycles. The average Bonchev–Trinajstić information content (AvgIpc) is 3.25. The smallest absolute Gasteiger partial charge is 0.217 e. The van der Waals surface area contributed by atoms with Crippen molar-refractivity contribution in [2.45, 2.75) is 41.9 Å². The Kier molecular flexibility index (Phi) is 6.90. The molecule has 5 nitrogen and oxygen atoms in total. The van der Waals surface area contributed by atoms with Gasteiger partial charge >= 0.3 is 0 Å². The van der Waals surface area contributed by atoms with Crippen LogP contribution < -0.4 is 0 Å². The molecule has 0 radical (unpaired) electrons. The number of rotatable bonds is 6. The van der Waals surface area contributed by atoms with Gasteiger partial charge in [-0.05, 0) is 80.2 Å². The van der Waals surface area contributed by atoms with E-state index in [4.69, 9.17) is 16.0 Å². The lowest BCUT2D eigenvalue weighted by atomic mass is 9.78. The van der Waals surface area contributed by atoms with Crippen molar-refractivity contribution in [1.82, 2.24) is 0 Å². The highest BCUT2D eigenvalue weighted by Gasteiger charge is 2.50. The van der Waals surface area contributed by atoms with Crippen LogP contribution in [0.2, 0.25) is 0 Å². The molecule has 2 aliphatic rings. The summed E-state index contributed by atoms with van der Waals surface area (Å²) in [5.41, 5.74) is -0.242. The van der Waals surface area contributed by atoms with Crippen molar-refractivity contribution >= 4 is 31.3 Å². The number of allylic oxidation sites excluding steroid dienone is 5. The first-order chi connectivity index (χ1) is 16.0. The molecule has 0 unspecified atom stereocenters. The molecule has 10 heteroatoms. The Bertz CT molecular complexity index is 1370. The third-order valence-corrected chi connectivity index (χ3v) is 11.0. The van der Waals surface area contributed by atoms with Gasteiger partial charge in [0, 0.05) is 17.0 Å². The van der Waals surface area contributed by atoms with Gasteiger partial charge in [0.1, 0.15) is 16.4 Å². The van der Waals surface area contributed by atoms with Crippen molar-refractivity contribution in [3.63, 3.8) is 0 Å². The maximum absolute atomic E-state index is 15.0. The second kappa shape index (κ2) is 9.43. The predicted octanol–water partition coefficient (Wildman–Crippen LogP) is 5.80. The van der Waals surface area contributed by atoms with Crippen LogP contribution in [0.5, 0.6) is 0 Å². The van der Waals surface area contributed by atoms with Crippen LogP contribution in [0.15, 0.2) is 80.3 Å². The quantitative estimate of drug-likeness (QED) is 0.473. The van der Waals surface area contributed by atoms with Crippen molar-refractivity contribution < 1.29 is 30.0 Å². The van der Waals surface area contributed by atoms with Gasteiger partial charge in [-0.25, -0.2) is 25.6 Å². The fourth-order valence-electron chi connectivity index (χ4n) is 4.66. The summed E-state index contributed by atoms with van der Waals surface area (Å²) in [5, 5.41) is 0.296. The summed E-state index contributed by atoms with van der Waals surface area (Å²) in [6.45, 7) is 0. The van der Waals surface area contributed by atoms with E-state index in [0.717, 1.165) is 18.2 Å². The van der Waals surface area contributed by atoms with E-state index in [1.165, 1.54) is 36.6 Å². The highest BCUT2D eigenvalue weighted by atomic mass is 35.5. The van der Waals surface area contributed by atoms with Crippen LogP contribution in [-0.2, 0) is 24.4 Å². The van der Waals surface area contributed by atoms with E-state index in [1.54, 1.807) is 6.08 Å². The molecule has 0 aliphatic heterocycles. The van der Waals surface area contributed by atoms with Crippen LogP contribution in [0, 0.1) is 17.6 Å². The molecule has 0 amide bonds. The van der Waals surface area contributed by atoms with E-state index in [9.17, 15) is 25.6 Å². The van der Waals surface area contributed by atoms with Crippen LogP contribution in [0.4, 0.5) is 8.78 Å². The summed E-state index contributed by atoms with van der Waals surface area (Å²) in [7, 11) is -7.90. The molecule has 1 heterocycles. The summed E-state index contributed by atoms with van der Waals surface area (Å²) in [6, 6.07) is 5.62. The minimum Gasteiger partial charge on any atom is -0.453 e. The topological polar surface area (TPSA) is 81.4 Å². The van der Waals surface area contributed by atoms with Crippen LogP contribution >= 0.6 is 11.6 Å². The van der Waals surface area contributed by atoms with Crippen molar-refractivity contribution in [2.75, 3.05) is 5.75 Å². The molecule has 34 heavy (non-hydrogen) atoms. The van der Waals surface area contributed by atoms with E-state index in [0.29, 0.717) is 11.5 Å². The Morgan fingerprint density at radius 3 is 2.47 bits per heavy atom. The number of sulfone groups is 2. The molecule has 182 valence electrons. The Labute approximate surface area is 202 Å². The lowest BCUT2D eigenvalue weighted by Gasteiger charge is -2.40. The van der Waals surface area contributed by atoms with Crippen molar-refractivity contribution in [1.29, 1.82) is 0 Å². The molecular formula is C24H23ClF2O5S2. The van der Waals surface area contributed by atoms with Gasteiger partial charge in [-0.3, -0.25) is 0 Å². The SMILES string of the molecule is O=S(=O)(CC1CCC(c2cc(F)ccc2F)(S(=O)(=O)C2=CC=C(Cl)CC=C2)CC1)c1ccco1. The molecule has 0 spiro atoms. The standard InChI is InChI=1S/C24H23ClF2O5S2/c25-18-3-1-4-20(8-6-18)34(30,31)24(21-15-19(26)7-9-22(21)27)12-10-17(11-13-24)16-33(28,29)23-5-2-14-32-23/h1-2,4-9,14-15,17H,3,10-13,16H2. The number of hydrogen-bond acceptors (Lipinski definition) is 5. The number of halogens is 3. The highest BCUT2D eigenvalue weighted by Crippen LogP contribution is 2.50. The maximum Gasteiger partial charge on any atom is 0.217 e. The molecule has 1 aromatic heterocycles. The zero-order chi connectivity index (χ0) is 24.6. The largest absolute Gasteiger partial charge is 0.453 e.